The lowest BCUT2D eigenvalue weighted by Crippen LogP contribution is -2.40. The van der Waals surface area contributed by atoms with E-state index in [-0.39, 0.29) is 16.1 Å². The molecule has 2 amide bonds. The molecular weight excluding hydrogens is 214 g/mol. The largest absolute Gasteiger partial charge is 0.289 e. The topological polar surface area (TPSA) is 71.1 Å². The van der Waals surface area contributed by atoms with E-state index in [1.54, 1.807) is 0 Å². The van der Waals surface area contributed by atoms with E-state index in [0.29, 0.717) is 0 Å². The Hall–Kier alpha value is -1.14. The molecule has 13 heavy (non-hydrogen) atoms. The highest BCUT2D eigenvalue weighted by Gasteiger charge is 2.09. The molecule has 0 bridgehead atoms. The van der Waals surface area contributed by atoms with Gasteiger partial charge in [-0.05, 0) is 0 Å². The van der Waals surface area contributed by atoms with E-state index in [9.17, 15) is 9.59 Å². The van der Waals surface area contributed by atoms with Crippen LogP contribution in [-0.2, 0) is 4.79 Å². The lowest BCUT2D eigenvalue weighted by molar-refractivity contribution is -0.119. The van der Waals surface area contributed by atoms with Crippen LogP contribution in [0.15, 0.2) is 5.38 Å². The van der Waals surface area contributed by atoms with Gasteiger partial charge in [-0.25, -0.2) is 4.98 Å². The van der Waals surface area contributed by atoms with Crippen LogP contribution in [0.3, 0.4) is 0 Å². The number of nitrogens with one attached hydrogen (secondary N) is 2. The van der Waals surface area contributed by atoms with E-state index in [1.165, 1.54) is 12.3 Å². The fourth-order valence-corrected chi connectivity index (χ4v) is 1.31. The van der Waals surface area contributed by atoms with Crippen molar-refractivity contribution in [3.63, 3.8) is 0 Å². The van der Waals surface area contributed by atoms with Crippen molar-refractivity contribution in [2.75, 3.05) is 0 Å². The van der Waals surface area contributed by atoms with Crippen molar-refractivity contribution in [2.45, 2.75) is 6.92 Å². The molecule has 0 saturated heterocycles. The molecule has 70 valence electrons. The van der Waals surface area contributed by atoms with Crippen LogP contribution < -0.4 is 10.9 Å². The Kier molecular flexibility index (Phi) is 3.21. The number of hydrogen-bond acceptors (Lipinski definition) is 4. The molecular formula is C6H6ClN3O2S. The number of nitrogens with zero attached hydrogens (tertiary/aromatic N) is 1. The Morgan fingerprint density at radius 1 is 1.54 bits per heavy atom. The monoisotopic (exact) mass is 219 g/mol. The Morgan fingerprint density at radius 2 is 2.23 bits per heavy atom. The number of amides is 2. The molecule has 1 aromatic rings. The minimum Gasteiger partial charge on any atom is -0.274 e. The molecule has 0 saturated carbocycles. The highest BCUT2D eigenvalue weighted by molar-refractivity contribution is 7.14. The average Bonchev–Trinajstić information content (AvgIpc) is 2.47. The first-order chi connectivity index (χ1) is 6.09. The molecule has 0 radical (unpaired) electrons. The van der Waals surface area contributed by atoms with Crippen LogP contribution in [0.5, 0.6) is 0 Å². The van der Waals surface area contributed by atoms with E-state index in [2.05, 4.69) is 15.8 Å². The molecule has 1 rings (SSSR count). The van der Waals surface area contributed by atoms with Crippen LogP contribution in [0.25, 0.3) is 0 Å². The van der Waals surface area contributed by atoms with Gasteiger partial charge in [0.1, 0.15) is 5.69 Å². The van der Waals surface area contributed by atoms with Crippen molar-refractivity contribution in [1.29, 1.82) is 0 Å². The molecule has 0 atom stereocenters. The lowest BCUT2D eigenvalue weighted by Gasteiger charge is -2.01. The molecule has 1 heterocycles. The number of hydrazine groups is 1. The van der Waals surface area contributed by atoms with Gasteiger partial charge in [0.2, 0.25) is 5.91 Å². The van der Waals surface area contributed by atoms with Crippen LogP contribution >= 0.6 is 22.9 Å². The maximum Gasteiger partial charge on any atom is 0.289 e. The summed E-state index contributed by atoms with van der Waals surface area (Å²) < 4.78 is 0.285. The van der Waals surface area contributed by atoms with Gasteiger partial charge >= 0.3 is 0 Å². The molecule has 0 aliphatic carbocycles. The first kappa shape index (κ1) is 9.94. The second-order valence-electron chi connectivity index (χ2n) is 2.12. The zero-order valence-electron chi connectivity index (χ0n) is 6.63. The van der Waals surface area contributed by atoms with Gasteiger partial charge in [0.05, 0.1) is 0 Å². The third kappa shape index (κ3) is 3.00. The molecule has 0 aromatic carbocycles. The summed E-state index contributed by atoms with van der Waals surface area (Å²) in [6.45, 7) is 1.29. The summed E-state index contributed by atoms with van der Waals surface area (Å²) in [7, 11) is 0. The van der Waals surface area contributed by atoms with Crippen molar-refractivity contribution < 1.29 is 9.59 Å². The highest BCUT2D eigenvalue weighted by atomic mass is 35.5. The summed E-state index contributed by atoms with van der Waals surface area (Å²) >= 11 is 6.66. The summed E-state index contributed by atoms with van der Waals surface area (Å²) in [5.41, 5.74) is 4.48. The fourth-order valence-electron chi connectivity index (χ4n) is 0.565. The lowest BCUT2D eigenvalue weighted by atomic mass is 10.5. The second-order valence-corrected chi connectivity index (χ2v) is 3.56. The minimum atomic E-state index is -0.488. The number of aromatic nitrogens is 1. The predicted octanol–water partition coefficient (Wildman–Crippen LogP) is 0.577. The summed E-state index contributed by atoms with van der Waals surface area (Å²) in [5, 5.41) is 1.50. The van der Waals surface area contributed by atoms with Crippen LogP contribution in [0.2, 0.25) is 4.47 Å². The van der Waals surface area contributed by atoms with E-state index in [4.69, 9.17) is 11.6 Å². The Bertz CT molecular complexity index is 338. The van der Waals surface area contributed by atoms with Crippen LogP contribution in [-0.4, -0.2) is 16.8 Å². The second kappa shape index (κ2) is 4.20. The van der Waals surface area contributed by atoms with Gasteiger partial charge in [-0.3, -0.25) is 20.4 Å². The number of rotatable bonds is 1. The number of thiazole rings is 1. The third-order valence-electron chi connectivity index (χ3n) is 1.06. The van der Waals surface area contributed by atoms with Gasteiger partial charge in [-0.15, -0.1) is 11.3 Å². The van der Waals surface area contributed by atoms with Gasteiger partial charge in [-0.1, -0.05) is 11.6 Å². The molecule has 0 spiro atoms. The minimum absolute atomic E-state index is 0.184. The number of halogens is 1. The van der Waals surface area contributed by atoms with Crippen molar-refractivity contribution in [3.05, 3.63) is 15.5 Å². The zero-order valence-corrected chi connectivity index (χ0v) is 8.20. The maximum absolute atomic E-state index is 11.1. The highest BCUT2D eigenvalue weighted by Crippen LogP contribution is 2.14. The Morgan fingerprint density at radius 3 is 2.69 bits per heavy atom. The zero-order chi connectivity index (χ0) is 9.84. The molecule has 7 heteroatoms. The molecule has 0 fully saturated rings. The summed E-state index contributed by atoms with van der Waals surface area (Å²) in [5.74, 6) is -0.840. The van der Waals surface area contributed by atoms with Crippen LogP contribution in [0, 0.1) is 0 Å². The summed E-state index contributed by atoms with van der Waals surface area (Å²) in [4.78, 5) is 25.2. The quantitative estimate of drug-likeness (QED) is 0.679. The van der Waals surface area contributed by atoms with E-state index < -0.39 is 5.91 Å². The number of hydrogen-bond donors (Lipinski definition) is 2. The Labute approximate surface area is 83.1 Å². The third-order valence-corrected chi connectivity index (χ3v) is 2.04. The van der Waals surface area contributed by atoms with Gasteiger partial charge in [0, 0.05) is 12.3 Å². The van der Waals surface area contributed by atoms with Gasteiger partial charge in [0.15, 0.2) is 4.47 Å². The van der Waals surface area contributed by atoms with E-state index in [0.717, 1.165) is 11.3 Å². The van der Waals surface area contributed by atoms with Crippen molar-refractivity contribution in [1.82, 2.24) is 15.8 Å². The van der Waals surface area contributed by atoms with E-state index in [1.807, 2.05) is 0 Å². The Balaban J connectivity index is 2.54. The van der Waals surface area contributed by atoms with Gasteiger partial charge < -0.3 is 0 Å². The average molecular weight is 220 g/mol. The molecule has 0 aliphatic heterocycles. The van der Waals surface area contributed by atoms with Crippen molar-refractivity contribution in [2.24, 2.45) is 0 Å². The first-order valence-electron chi connectivity index (χ1n) is 3.27. The maximum atomic E-state index is 11.1. The molecule has 2 N–H and O–H groups in total. The normalized spacial score (nSPS) is 9.38. The summed E-state index contributed by atoms with van der Waals surface area (Å²) in [6.07, 6.45) is 0. The molecule has 5 nitrogen and oxygen atoms in total. The summed E-state index contributed by atoms with van der Waals surface area (Å²) in [6, 6.07) is 0. The molecule has 0 unspecified atom stereocenters. The van der Waals surface area contributed by atoms with Crippen LogP contribution in [0.4, 0.5) is 0 Å². The van der Waals surface area contributed by atoms with Gasteiger partial charge in [0.25, 0.3) is 5.91 Å². The van der Waals surface area contributed by atoms with E-state index >= 15 is 0 Å². The van der Waals surface area contributed by atoms with Crippen molar-refractivity contribution in [3.8, 4) is 0 Å². The van der Waals surface area contributed by atoms with Crippen LogP contribution in [0.1, 0.15) is 17.4 Å². The number of carbonyl (C=O) groups is 2. The first-order valence-corrected chi connectivity index (χ1v) is 4.53. The fraction of sp³-hybridized carbons (Fsp3) is 0.167. The van der Waals surface area contributed by atoms with Gasteiger partial charge in [-0.2, -0.15) is 0 Å². The molecule has 0 aliphatic rings. The number of carbonyl (C=O) groups excluding carboxylic acids is 2. The SMILES string of the molecule is CC(=O)NNC(=O)c1csc(Cl)n1. The predicted molar refractivity (Wildman–Crippen MR) is 48.4 cm³/mol. The molecule has 1 aromatic heterocycles. The smallest absolute Gasteiger partial charge is 0.274 e. The standard InChI is InChI=1S/C6H6ClN3O2S/c1-3(11)9-10-5(12)4-2-13-6(7)8-4/h2H,1H3,(H,9,11)(H,10,12). The van der Waals surface area contributed by atoms with Crippen molar-refractivity contribution >= 4 is 34.8 Å².